The highest BCUT2D eigenvalue weighted by Crippen LogP contribution is 2.42. The van der Waals surface area contributed by atoms with E-state index in [-0.39, 0.29) is 0 Å². The Bertz CT molecular complexity index is 246. The zero-order valence-corrected chi connectivity index (χ0v) is 12.8. The van der Waals surface area contributed by atoms with Crippen molar-refractivity contribution in [1.82, 2.24) is 0 Å². The molecule has 2 nitrogen and oxygen atoms in total. The molecule has 2 heteroatoms. The van der Waals surface area contributed by atoms with E-state index in [4.69, 9.17) is 5.73 Å². The lowest BCUT2D eigenvalue weighted by Gasteiger charge is -2.36. The predicted octanol–water partition coefficient (Wildman–Crippen LogP) is 3.72. The quantitative estimate of drug-likeness (QED) is 0.752. The number of hydrogen-bond acceptors (Lipinski definition) is 2. The Hall–Kier alpha value is -0.0800. The summed E-state index contributed by atoms with van der Waals surface area (Å²) in [5.74, 6) is 1.03. The minimum atomic E-state index is -0.495. The molecule has 1 fully saturated rings. The topological polar surface area (TPSA) is 46.2 Å². The van der Waals surface area contributed by atoms with E-state index < -0.39 is 5.60 Å². The Morgan fingerprint density at radius 3 is 2.44 bits per heavy atom. The summed E-state index contributed by atoms with van der Waals surface area (Å²) in [7, 11) is 0. The summed E-state index contributed by atoms with van der Waals surface area (Å²) >= 11 is 0. The highest BCUT2D eigenvalue weighted by molar-refractivity contribution is 4.91. The van der Waals surface area contributed by atoms with Gasteiger partial charge in [-0.2, -0.15) is 0 Å². The molecule has 0 radical (unpaired) electrons. The number of aliphatic hydroxyl groups is 1. The minimum absolute atomic E-state index is 0.293. The zero-order valence-electron chi connectivity index (χ0n) is 12.8. The molecule has 3 N–H and O–H groups in total. The fourth-order valence-electron chi connectivity index (χ4n) is 3.58. The molecule has 18 heavy (non-hydrogen) atoms. The van der Waals surface area contributed by atoms with Crippen LogP contribution in [0.15, 0.2) is 0 Å². The van der Waals surface area contributed by atoms with Gasteiger partial charge in [-0.25, -0.2) is 0 Å². The van der Waals surface area contributed by atoms with Gasteiger partial charge in [-0.15, -0.1) is 0 Å². The van der Waals surface area contributed by atoms with Gasteiger partial charge in [0.2, 0.25) is 0 Å². The van der Waals surface area contributed by atoms with Crippen LogP contribution >= 0.6 is 0 Å². The Labute approximate surface area is 113 Å². The summed E-state index contributed by atoms with van der Waals surface area (Å²) in [5, 5.41) is 10.9. The maximum Gasteiger partial charge on any atom is 0.0688 e. The van der Waals surface area contributed by atoms with Gasteiger partial charge in [-0.1, -0.05) is 40.5 Å². The average Bonchev–Trinajstić information content (AvgIpc) is 2.48. The van der Waals surface area contributed by atoms with Gasteiger partial charge in [0, 0.05) is 0 Å². The number of hydrogen-bond donors (Lipinski definition) is 2. The van der Waals surface area contributed by atoms with Crippen LogP contribution in [0, 0.1) is 17.3 Å². The van der Waals surface area contributed by atoms with Gasteiger partial charge in [0.1, 0.15) is 0 Å². The second kappa shape index (κ2) is 6.38. The first kappa shape index (κ1) is 16.0. The predicted molar refractivity (Wildman–Crippen MR) is 78.4 cm³/mol. The van der Waals surface area contributed by atoms with Crippen molar-refractivity contribution in [1.29, 1.82) is 0 Å². The fourth-order valence-corrected chi connectivity index (χ4v) is 3.58. The van der Waals surface area contributed by atoms with Crippen LogP contribution in [0.3, 0.4) is 0 Å². The molecular weight excluding hydrogens is 222 g/mol. The third kappa shape index (κ3) is 3.96. The van der Waals surface area contributed by atoms with Crippen molar-refractivity contribution < 1.29 is 5.11 Å². The van der Waals surface area contributed by atoms with E-state index in [1.807, 2.05) is 0 Å². The molecule has 0 heterocycles. The van der Waals surface area contributed by atoms with Crippen molar-refractivity contribution >= 4 is 0 Å². The van der Waals surface area contributed by atoms with Crippen LogP contribution in [0.1, 0.15) is 72.6 Å². The van der Waals surface area contributed by atoms with Gasteiger partial charge in [0.25, 0.3) is 0 Å². The van der Waals surface area contributed by atoms with Crippen LogP contribution in [-0.2, 0) is 0 Å². The molecule has 0 bridgehead atoms. The summed E-state index contributed by atoms with van der Waals surface area (Å²) in [4.78, 5) is 0. The van der Waals surface area contributed by atoms with E-state index in [1.165, 1.54) is 6.42 Å². The zero-order chi connectivity index (χ0) is 13.8. The number of nitrogens with two attached hydrogens (primary N) is 1. The standard InChI is InChI=1S/C16H33NO/c1-5-7-14(12-17)16(18)10-6-8-13(9-11-16)15(2,3)4/h13-14,18H,5-12,17H2,1-4H3. The average molecular weight is 255 g/mol. The van der Waals surface area contributed by atoms with Crippen molar-refractivity contribution in [3.05, 3.63) is 0 Å². The Morgan fingerprint density at radius 2 is 1.94 bits per heavy atom. The molecule has 0 aromatic heterocycles. The summed E-state index contributed by atoms with van der Waals surface area (Å²) in [6.45, 7) is 9.79. The molecule has 3 unspecified atom stereocenters. The fraction of sp³-hybridized carbons (Fsp3) is 1.00. The molecule has 0 aromatic rings. The van der Waals surface area contributed by atoms with Crippen molar-refractivity contribution in [2.24, 2.45) is 23.0 Å². The first-order valence-corrected chi connectivity index (χ1v) is 7.76. The van der Waals surface area contributed by atoms with Gasteiger partial charge >= 0.3 is 0 Å². The van der Waals surface area contributed by atoms with Gasteiger partial charge in [0.05, 0.1) is 5.60 Å². The third-order valence-corrected chi connectivity index (χ3v) is 4.99. The summed E-state index contributed by atoms with van der Waals surface area (Å²) < 4.78 is 0. The smallest absolute Gasteiger partial charge is 0.0688 e. The van der Waals surface area contributed by atoms with Gasteiger partial charge in [-0.05, 0) is 55.9 Å². The minimum Gasteiger partial charge on any atom is -0.390 e. The largest absolute Gasteiger partial charge is 0.390 e. The molecule has 1 aliphatic rings. The lowest BCUT2D eigenvalue weighted by atomic mass is 9.75. The number of rotatable bonds is 4. The van der Waals surface area contributed by atoms with Gasteiger partial charge < -0.3 is 10.8 Å². The maximum absolute atomic E-state index is 10.9. The molecule has 3 atom stereocenters. The van der Waals surface area contributed by atoms with Gasteiger partial charge in [0.15, 0.2) is 0 Å². The highest BCUT2D eigenvalue weighted by atomic mass is 16.3. The van der Waals surface area contributed by atoms with Crippen LogP contribution in [0.25, 0.3) is 0 Å². The molecule has 0 amide bonds. The maximum atomic E-state index is 10.9. The van der Waals surface area contributed by atoms with Crippen LogP contribution in [-0.4, -0.2) is 17.3 Å². The molecule has 108 valence electrons. The Kier molecular flexibility index (Phi) is 5.67. The Balaban J connectivity index is 2.69. The summed E-state index contributed by atoms with van der Waals surface area (Å²) in [5.41, 5.74) is 5.76. The molecule has 1 saturated carbocycles. The Morgan fingerprint density at radius 1 is 1.28 bits per heavy atom. The molecule has 0 spiro atoms. The van der Waals surface area contributed by atoms with Crippen molar-refractivity contribution in [3.8, 4) is 0 Å². The third-order valence-electron chi connectivity index (χ3n) is 4.99. The van der Waals surface area contributed by atoms with Crippen LogP contribution in [0.2, 0.25) is 0 Å². The molecule has 1 rings (SSSR count). The second-order valence-electron chi connectivity index (χ2n) is 7.32. The van der Waals surface area contributed by atoms with E-state index >= 15 is 0 Å². The molecular formula is C16H33NO. The van der Waals surface area contributed by atoms with Crippen LogP contribution in [0.4, 0.5) is 0 Å². The first-order chi connectivity index (χ1) is 8.33. The normalized spacial score (nSPS) is 32.0. The molecule has 0 saturated heterocycles. The summed E-state index contributed by atoms with van der Waals surface area (Å²) in [6.07, 6.45) is 7.63. The monoisotopic (exact) mass is 255 g/mol. The van der Waals surface area contributed by atoms with E-state index in [0.717, 1.165) is 44.4 Å². The van der Waals surface area contributed by atoms with E-state index in [9.17, 15) is 5.11 Å². The lowest BCUT2D eigenvalue weighted by molar-refractivity contribution is -0.0339. The highest BCUT2D eigenvalue weighted by Gasteiger charge is 2.39. The molecule has 1 aliphatic carbocycles. The van der Waals surface area contributed by atoms with Crippen molar-refractivity contribution in [2.75, 3.05) is 6.54 Å². The van der Waals surface area contributed by atoms with Crippen molar-refractivity contribution in [2.45, 2.75) is 78.2 Å². The van der Waals surface area contributed by atoms with Crippen LogP contribution < -0.4 is 5.73 Å². The van der Waals surface area contributed by atoms with Crippen molar-refractivity contribution in [3.63, 3.8) is 0 Å². The second-order valence-corrected chi connectivity index (χ2v) is 7.32. The molecule has 0 aromatic carbocycles. The van der Waals surface area contributed by atoms with E-state index in [1.54, 1.807) is 0 Å². The molecule has 0 aliphatic heterocycles. The van der Waals surface area contributed by atoms with E-state index in [0.29, 0.717) is 17.9 Å². The summed E-state index contributed by atoms with van der Waals surface area (Å²) in [6, 6.07) is 0. The SMILES string of the molecule is CCCC(CN)C1(O)CCCC(C(C)(C)C)CC1. The van der Waals surface area contributed by atoms with Crippen LogP contribution in [0.5, 0.6) is 0 Å². The first-order valence-electron chi connectivity index (χ1n) is 7.76. The van der Waals surface area contributed by atoms with E-state index in [2.05, 4.69) is 27.7 Å². The lowest BCUT2D eigenvalue weighted by Crippen LogP contribution is -2.41. The van der Waals surface area contributed by atoms with Gasteiger partial charge in [-0.3, -0.25) is 0 Å².